The number of hydrogen-bond donors (Lipinski definition) is 6. The first-order chi connectivity index (χ1) is 24.4. The number of azo groups is 2. The third-order valence-electron chi connectivity index (χ3n) is 13.5. The van der Waals surface area contributed by atoms with Crippen molar-refractivity contribution in [3.63, 3.8) is 0 Å². The molecular weight excluding hydrogens is 802 g/mol. The van der Waals surface area contributed by atoms with Crippen LogP contribution in [-0.2, 0) is 47.4 Å². The molecule has 0 amide bonds. The van der Waals surface area contributed by atoms with Gasteiger partial charge in [0.1, 0.15) is 11.3 Å². The molecule has 6 rings (SSSR count). The molecule has 6 N–H and O–H groups in total. The van der Waals surface area contributed by atoms with Crippen molar-refractivity contribution in [2.75, 3.05) is 0 Å². The molecule has 6 saturated carbocycles. The first kappa shape index (κ1) is 43.5. The molecule has 0 aliphatic heterocycles. The summed E-state index contributed by atoms with van der Waals surface area (Å²) in [4.78, 5) is 0. The molecule has 53 heavy (non-hydrogen) atoms. The summed E-state index contributed by atoms with van der Waals surface area (Å²) in [5, 5.41) is 40.2. The van der Waals surface area contributed by atoms with Gasteiger partial charge in [-0.2, -0.15) is 45.7 Å². The van der Waals surface area contributed by atoms with E-state index in [1.807, 2.05) is 6.92 Å². The van der Waals surface area contributed by atoms with Gasteiger partial charge in [-0.15, -0.1) is 0 Å². The van der Waals surface area contributed by atoms with Crippen LogP contribution in [0.3, 0.4) is 0 Å². The van der Waals surface area contributed by atoms with E-state index in [4.69, 9.17) is 0 Å². The van der Waals surface area contributed by atoms with Crippen LogP contribution in [0.2, 0.25) is 0 Å². The molecule has 6 fully saturated rings. The second kappa shape index (κ2) is 17.4. The molecule has 20 heteroatoms. The monoisotopic (exact) mass is 858 g/mol. The van der Waals surface area contributed by atoms with E-state index in [2.05, 4.69) is 25.8 Å². The van der Waals surface area contributed by atoms with Gasteiger partial charge in [-0.25, -0.2) is 0 Å². The molecule has 1 radical (unpaired) electrons. The van der Waals surface area contributed by atoms with Gasteiger partial charge in [-0.05, 0) is 113 Å². The van der Waals surface area contributed by atoms with Gasteiger partial charge in [0, 0.05) is 29.2 Å². The van der Waals surface area contributed by atoms with E-state index in [9.17, 15) is 49.1 Å². The Hall–Kier alpha value is -0.671. The predicted molar refractivity (Wildman–Crippen MR) is 191 cm³/mol. The van der Waals surface area contributed by atoms with Crippen LogP contribution in [0.1, 0.15) is 110 Å². The molecule has 0 saturated heterocycles. The minimum Gasteiger partial charge on any atom is -0.391 e. The van der Waals surface area contributed by atoms with E-state index in [0.29, 0.717) is 31.7 Å². The molecule has 0 aromatic rings. The Morgan fingerprint density at radius 1 is 0.566 bits per heavy atom. The van der Waals surface area contributed by atoms with E-state index in [1.54, 1.807) is 0 Å². The van der Waals surface area contributed by atoms with Crippen LogP contribution in [0.25, 0.3) is 0 Å². The Labute approximate surface area is 324 Å². The van der Waals surface area contributed by atoms with Crippen LogP contribution in [0.15, 0.2) is 20.5 Å². The van der Waals surface area contributed by atoms with E-state index in [0.717, 1.165) is 32.1 Å². The van der Waals surface area contributed by atoms with Gasteiger partial charge in [0.2, 0.25) is 0 Å². The normalized spacial score (nSPS) is 43.5. The zero-order chi connectivity index (χ0) is 37.6. The van der Waals surface area contributed by atoms with Crippen LogP contribution < -0.4 is 5.32 Å². The Balaban J connectivity index is 0.00000541. The summed E-state index contributed by atoms with van der Waals surface area (Å²) in [6, 6.07) is -1.79. The number of fused-ring (bicyclic) bond motifs is 2. The van der Waals surface area contributed by atoms with E-state index < -0.39 is 82.2 Å². The van der Waals surface area contributed by atoms with Gasteiger partial charge in [0.05, 0.1) is 40.8 Å². The van der Waals surface area contributed by atoms with Crippen molar-refractivity contribution in [1.82, 2.24) is 5.32 Å². The molecule has 0 spiro atoms. The fourth-order valence-corrected chi connectivity index (χ4v) is 14.1. The van der Waals surface area contributed by atoms with Crippen LogP contribution in [0, 0.1) is 29.6 Å². The second-order valence-electron chi connectivity index (χ2n) is 16.9. The van der Waals surface area contributed by atoms with Crippen molar-refractivity contribution >= 4 is 30.4 Å². The molecule has 6 aliphatic carbocycles. The Morgan fingerprint density at radius 2 is 1.21 bits per heavy atom. The summed E-state index contributed by atoms with van der Waals surface area (Å²) in [7, 11) is -13.6. The van der Waals surface area contributed by atoms with Crippen molar-refractivity contribution in [3.05, 3.63) is 0 Å². The first-order valence-corrected chi connectivity index (χ1v) is 23.7. The first-order valence-electron chi connectivity index (χ1n) is 19.2. The number of rotatable bonds is 9. The van der Waals surface area contributed by atoms with Gasteiger partial charge in [0.15, 0.2) is 0 Å². The number of hydrogen-bond acceptors (Lipinski definition) is 13. The van der Waals surface area contributed by atoms with E-state index >= 15 is 0 Å². The fraction of sp³-hybridized carbons (Fsp3) is 1.00. The van der Waals surface area contributed by atoms with Gasteiger partial charge >= 0.3 is 0 Å². The Kier molecular flexibility index (Phi) is 14.3. The molecule has 309 valence electrons. The average molecular weight is 860 g/mol. The molecule has 15 unspecified atom stereocenters. The summed E-state index contributed by atoms with van der Waals surface area (Å²) in [6.07, 6.45) is 7.97. The quantitative estimate of drug-likeness (QED) is 0.110. The predicted octanol–water partition coefficient (Wildman–Crippen LogP) is 3.60. The second-order valence-corrected chi connectivity index (χ2v) is 21.8. The molecule has 0 aromatic carbocycles. The Bertz CT molecular complexity index is 1650. The van der Waals surface area contributed by atoms with Gasteiger partial charge in [-0.3, -0.25) is 13.7 Å². The van der Waals surface area contributed by atoms with Crippen molar-refractivity contribution in [1.29, 1.82) is 0 Å². The third-order valence-corrected chi connectivity index (χ3v) is 17.3. The van der Waals surface area contributed by atoms with Gasteiger partial charge < -0.3 is 15.5 Å². The smallest absolute Gasteiger partial charge is 0.270 e. The summed E-state index contributed by atoms with van der Waals surface area (Å²) in [5.74, 6) is -1.17. The van der Waals surface area contributed by atoms with Crippen molar-refractivity contribution in [2.24, 2.45) is 50.0 Å². The van der Waals surface area contributed by atoms with Crippen molar-refractivity contribution in [2.45, 2.75) is 174 Å². The topological polar surface area (TPSA) is 265 Å². The van der Waals surface area contributed by atoms with E-state index in [1.165, 1.54) is 19.3 Å². The zero-order valence-corrected chi connectivity index (χ0v) is 33.4. The van der Waals surface area contributed by atoms with Gasteiger partial charge in [-0.1, -0.05) is 26.2 Å². The number of aliphatic hydroxyl groups is 2. The van der Waals surface area contributed by atoms with Crippen molar-refractivity contribution in [3.8, 4) is 0 Å². The molecule has 0 aromatic heterocycles. The molecule has 15 atom stereocenters. The summed E-state index contributed by atoms with van der Waals surface area (Å²) < 4.78 is 103. The minimum absolute atomic E-state index is 0. The summed E-state index contributed by atoms with van der Waals surface area (Å²) in [5.41, 5.74) is 0. The minimum atomic E-state index is -4.54. The maximum absolute atomic E-state index is 12.6. The van der Waals surface area contributed by atoms with Crippen LogP contribution >= 0.6 is 0 Å². The Morgan fingerprint density at radius 3 is 1.87 bits per heavy atom. The SMILES string of the molecule is CC1CC(N=NC2C(O)C3CCC(NC4CCCCC4)CC3CC2S(=O)(=O)O)C(O)CC1N=NC1CCC2C(C1)CC(S(=O)(=O)O)CC2S(=O)(=O)O.[Cu]. The standard InChI is InChI=1S/C33H57N5O11S3.Cu/c1-18-11-28(29(39)17-27(18)36-35-23-8-9-25-19(13-23)14-24(50(41,42)43)16-30(25)51(44,45)46)37-38-32-31(52(47,48)49)15-20-12-22(7-10-26(20)33(32)40)34-21-5-3-2-4-6-21;/h18-34,39-40H,2-17H2,1H3,(H,41,42,43)(H,44,45,46)(H,47,48,49);. The summed E-state index contributed by atoms with van der Waals surface area (Å²) >= 11 is 0. The fourth-order valence-electron chi connectivity index (χ4n) is 10.7. The van der Waals surface area contributed by atoms with Crippen LogP contribution in [-0.4, -0.2) is 113 Å². The molecule has 16 nitrogen and oxygen atoms in total. The van der Waals surface area contributed by atoms with Gasteiger partial charge in [0.25, 0.3) is 30.4 Å². The maximum atomic E-state index is 12.6. The third kappa shape index (κ3) is 10.4. The maximum Gasteiger partial charge on any atom is 0.270 e. The molecular formula is C33H57CuN5O11S3. The molecule has 0 bridgehead atoms. The molecule has 6 aliphatic rings. The number of nitrogens with zero attached hydrogens (tertiary/aromatic N) is 4. The zero-order valence-electron chi connectivity index (χ0n) is 30.1. The number of aliphatic hydroxyl groups excluding tert-OH is 2. The van der Waals surface area contributed by atoms with E-state index in [-0.39, 0.29) is 78.6 Å². The molecule has 0 heterocycles. The number of nitrogens with one attached hydrogen (secondary N) is 1. The summed E-state index contributed by atoms with van der Waals surface area (Å²) in [6.45, 7) is 1.93. The van der Waals surface area contributed by atoms with Crippen LogP contribution in [0.4, 0.5) is 0 Å². The van der Waals surface area contributed by atoms with Crippen LogP contribution in [0.5, 0.6) is 0 Å². The van der Waals surface area contributed by atoms with Crippen molar-refractivity contribution < 1.29 is 66.2 Å². The largest absolute Gasteiger partial charge is 0.391 e. The average Bonchev–Trinajstić information content (AvgIpc) is 3.06.